The second-order valence-electron chi connectivity index (χ2n) is 10.6. The Balaban J connectivity index is 2.05. The van der Waals surface area contributed by atoms with Crippen molar-refractivity contribution in [1.82, 2.24) is 10.2 Å². The number of aromatic hydroxyl groups is 1. The lowest BCUT2D eigenvalue weighted by Gasteiger charge is -2.31. The van der Waals surface area contributed by atoms with Gasteiger partial charge in [0, 0.05) is 12.5 Å². The minimum atomic E-state index is -1.26. The Kier molecular flexibility index (Phi) is 10.0. The number of amides is 3. The summed E-state index contributed by atoms with van der Waals surface area (Å²) < 4.78 is 5.40. The Morgan fingerprint density at radius 1 is 1.00 bits per heavy atom. The lowest BCUT2D eigenvalue weighted by atomic mass is 9.97. The van der Waals surface area contributed by atoms with Gasteiger partial charge in [0.1, 0.15) is 23.4 Å². The molecule has 0 aromatic heterocycles. The van der Waals surface area contributed by atoms with Gasteiger partial charge in [-0.25, -0.2) is 4.79 Å². The van der Waals surface area contributed by atoms with Gasteiger partial charge in [0.2, 0.25) is 0 Å². The smallest absolute Gasteiger partial charge is 0.408 e. The molecule has 9 heteroatoms. The summed E-state index contributed by atoms with van der Waals surface area (Å²) in [5.41, 5.74) is 2.17. The quantitative estimate of drug-likeness (QED) is 0.229. The summed E-state index contributed by atoms with van der Waals surface area (Å²) in [6.07, 6.45) is 5.10. The summed E-state index contributed by atoms with van der Waals surface area (Å²) in [4.78, 5) is 41.8. The number of rotatable bonds is 8. The Labute approximate surface area is 245 Å². The zero-order valence-corrected chi connectivity index (χ0v) is 24.5. The van der Waals surface area contributed by atoms with Crippen molar-refractivity contribution < 1.29 is 24.2 Å². The van der Waals surface area contributed by atoms with Crippen LogP contribution in [0.3, 0.4) is 0 Å². The van der Waals surface area contributed by atoms with Gasteiger partial charge in [0.15, 0.2) is 0 Å². The molecule has 0 heterocycles. The predicted octanol–water partition coefficient (Wildman–Crippen LogP) is 5.90. The van der Waals surface area contributed by atoms with Gasteiger partial charge in [-0.15, -0.1) is 0 Å². The highest BCUT2D eigenvalue weighted by Gasteiger charge is 2.37. The average Bonchev–Trinajstić information content (AvgIpc) is 2.89. The molecular formula is C32H34ClN3O5. The number of hydrogen-bond donors (Lipinski definition) is 3. The van der Waals surface area contributed by atoms with E-state index in [-0.39, 0.29) is 12.2 Å². The monoisotopic (exact) mass is 575 g/mol. The Hall–Kier alpha value is -4.48. The van der Waals surface area contributed by atoms with Gasteiger partial charge in [-0.2, -0.15) is 0 Å². The molecule has 0 saturated carbocycles. The van der Waals surface area contributed by atoms with E-state index in [1.165, 1.54) is 12.1 Å². The number of aryl methyl sites for hydroxylation is 2. The topological polar surface area (TPSA) is 108 Å². The van der Waals surface area contributed by atoms with Crippen molar-refractivity contribution in [2.45, 2.75) is 58.7 Å². The number of halogens is 1. The highest BCUT2D eigenvalue weighted by Crippen LogP contribution is 2.30. The molecule has 0 saturated heterocycles. The number of carbonyl (C=O) groups excluding carboxylic acids is 3. The van der Waals surface area contributed by atoms with E-state index in [9.17, 15) is 19.5 Å². The van der Waals surface area contributed by atoms with Gasteiger partial charge >= 0.3 is 6.09 Å². The highest BCUT2D eigenvalue weighted by atomic mass is 35.5. The number of para-hydroxylation sites is 1. The second-order valence-corrected chi connectivity index (χ2v) is 11.0. The van der Waals surface area contributed by atoms with Crippen molar-refractivity contribution in [1.29, 1.82) is 0 Å². The molecule has 8 nitrogen and oxygen atoms in total. The van der Waals surface area contributed by atoms with Crippen molar-refractivity contribution in [2.24, 2.45) is 0 Å². The van der Waals surface area contributed by atoms with Crippen molar-refractivity contribution >= 4 is 35.2 Å². The van der Waals surface area contributed by atoms with Crippen molar-refractivity contribution in [3.8, 4) is 18.2 Å². The molecule has 41 heavy (non-hydrogen) atoms. The number of anilines is 1. The Morgan fingerprint density at radius 3 is 2.22 bits per heavy atom. The number of phenols is 1. The van der Waals surface area contributed by atoms with Crippen LogP contribution in [0.5, 0.6) is 5.75 Å². The van der Waals surface area contributed by atoms with Gasteiger partial charge < -0.3 is 20.5 Å². The zero-order valence-electron chi connectivity index (χ0n) is 23.7. The summed E-state index contributed by atoms with van der Waals surface area (Å²) in [6, 6.07) is 18.4. The van der Waals surface area contributed by atoms with E-state index in [0.717, 1.165) is 16.0 Å². The Morgan fingerprint density at radius 2 is 1.63 bits per heavy atom. The van der Waals surface area contributed by atoms with E-state index < -0.39 is 35.6 Å². The summed E-state index contributed by atoms with van der Waals surface area (Å²) in [5.74, 6) is -1.23. The molecule has 0 aliphatic carbocycles. The fraction of sp³-hybridized carbons (Fsp3) is 0.281. The van der Waals surface area contributed by atoms with Crippen LogP contribution in [-0.2, 0) is 20.7 Å². The third kappa shape index (κ3) is 8.26. The number of terminal acetylenes is 1. The Bertz CT molecular complexity index is 1440. The largest absolute Gasteiger partial charge is 0.508 e. The molecule has 0 bridgehead atoms. The summed E-state index contributed by atoms with van der Waals surface area (Å²) >= 11 is 6.38. The number of hydrogen-bond acceptors (Lipinski definition) is 5. The van der Waals surface area contributed by atoms with E-state index in [4.69, 9.17) is 22.8 Å². The van der Waals surface area contributed by atoms with Gasteiger partial charge in [-0.1, -0.05) is 66.6 Å². The van der Waals surface area contributed by atoms with Crippen molar-refractivity contribution in [3.63, 3.8) is 0 Å². The van der Waals surface area contributed by atoms with Crippen LogP contribution in [0.15, 0.2) is 66.7 Å². The summed E-state index contributed by atoms with van der Waals surface area (Å²) in [7, 11) is 0. The van der Waals surface area contributed by atoms with Gasteiger partial charge in [0.25, 0.3) is 11.8 Å². The molecule has 0 aliphatic heterocycles. The lowest BCUT2D eigenvalue weighted by Crippen LogP contribution is -2.51. The first-order valence-corrected chi connectivity index (χ1v) is 13.4. The van der Waals surface area contributed by atoms with Crippen LogP contribution in [0, 0.1) is 26.3 Å². The molecule has 0 fully saturated rings. The van der Waals surface area contributed by atoms with Crippen LogP contribution in [0.2, 0.25) is 5.02 Å². The normalized spacial score (nSPS) is 12.4. The van der Waals surface area contributed by atoms with Crippen LogP contribution in [-0.4, -0.2) is 39.6 Å². The summed E-state index contributed by atoms with van der Waals surface area (Å²) in [5, 5.41) is 15.5. The predicted molar refractivity (Wildman–Crippen MR) is 159 cm³/mol. The number of nitrogens with one attached hydrogen (secondary N) is 2. The molecule has 2 atom stereocenters. The average molecular weight is 576 g/mol. The molecule has 3 aromatic rings. The van der Waals surface area contributed by atoms with E-state index in [1.54, 1.807) is 70.2 Å². The molecule has 214 valence electrons. The molecule has 3 rings (SSSR count). The minimum absolute atomic E-state index is 0.0161. The van der Waals surface area contributed by atoms with Crippen molar-refractivity contribution in [3.05, 3.63) is 94.0 Å². The number of alkyl carbamates (subject to hydrolysis) is 1. The summed E-state index contributed by atoms with van der Waals surface area (Å²) in [6.45, 7) is 8.71. The molecule has 3 aromatic carbocycles. The third-order valence-electron chi connectivity index (χ3n) is 6.20. The first-order chi connectivity index (χ1) is 19.3. The molecule has 0 radical (unpaired) electrons. The van der Waals surface area contributed by atoms with Crippen LogP contribution in [0.25, 0.3) is 0 Å². The van der Waals surface area contributed by atoms with Gasteiger partial charge in [0.05, 0.1) is 10.7 Å². The molecule has 3 amide bonds. The highest BCUT2D eigenvalue weighted by molar-refractivity contribution is 6.34. The van der Waals surface area contributed by atoms with Crippen molar-refractivity contribution in [2.75, 3.05) is 5.32 Å². The van der Waals surface area contributed by atoms with Crippen LogP contribution < -0.4 is 10.6 Å². The SMILES string of the molecule is C#CN(C(=O)C(Cc1ccc(O)cc1)NC(=O)OC(C)(C)C)C(C(=O)Nc1c(C)cccc1Cl)c1ccccc1C. The standard InChI is InChI=1S/C32H34ClN3O5/c1-7-36(30(39)26(34-31(40)41-32(4,5)6)19-22-15-17-23(37)18-16-22)28(24-13-9-8-11-20(24)2)29(38)35-27-21(3)12-10-14-25(27)33/h1,8-18,26,28,37H,19H2,2-6H3,(H,34,40)(H,35,38). The molecule has 3 N–H and O–H groups in total. The second kappa shape index (κ2) is 13.2. The first kappa shape index (κ1) is 31.1. The fourth-order valence-corrected chi connectivity index (χ4v) is 4.49. The van der Waals surface area contributed by atoms with Gasteiger partial charge in [-0.05, 0) is 75.1 Å². The van der Waals surface area contributed by atoms with E-state index in [0.29, 0.717) is 21.8 Å². The maximum absolute atomic E-state index is 14.1. The molecule has 0 aliphatic rings. The van der Waals surface area contributed by atoms with E-state index in [2.05, 4.69) is 16.7 Å². The van der Waals surface area contributed by atoms with Gasteiger partial charge in [-0.3, -0.25) is 14.5 Å². The maximum Gasteiger partial charge on any atom is 0.408 e. The van der Waals surface area contributed by atoms with Crippen LogP contribution in [0.1, 0.15) is 49.1 Å². The molecule has 0 spiro atoms. The first-order valence-electron chi connectivity index (χ1n) is 13.0. The minimum Gasteiger partial charge on any atom is -0.508 e. The fourth-order valence-electron chi connectivity index (χ4n) is 4.22. The zero-order chi connectivity index (χ0) is 30.3. The third-order valence-corrected chi connectivity index (χ3v) is 6.52. The van der Waals surface area contributed by atoms with E-state index >= 15 is 0 Å². The number of ether oxygens (including phenoxy) is 1. The number of benzene rings is 3. The van der Waals surface area contributed by atoms with E-state index in [1.807, 2.05) is 19.1 Å². The van der Waals surface area contributed by atoms with Crippen LogP contribution in [0.4, 0.5) is 10.5 Å². The van der Waals surface area contributed by atoms with Crippen LogP contribution >= 0.6 is 11.6 Å². The molecule has 2 unspecified atom stereocenters. The number of nitrogens with zero attached hydrogens (tertiary/aromatic N) is 1. The lowest BCUT2D eigenvalue weighted by molar-refractivity contribution is -0.136. The maximum atomic E-state index is 14.1. The molecular weight excluding hydrogens is 542 g/mol. The number of carbonyl (C=O) groups is 3. The number of phenolic OH excluding ortho intramolecular Hbond substituents is 1.